The van der Waals surface area contributed by atoms with Crippen LogP contribution in [0.4, 0.5) is 0 Å². The lowest BCUT2D eigenvalue weighted by molar-refractivity contribution is -0.0737. The first kappa shape index (κ1) is 16.3. The van der Waals surface area contributed by atoms with Gasteiger partial charge in [0.05, 0.1) is 6.10 Å². The second-order valence-electron chi connectivity index (χ2n) is 7.48. The van der Waals surface area contributed by atoms with E-state index in [9.17, 15) is 5.11 Å². The van der Waals surface area contributed by atoms with E-state index < -0.39 is 0 Å². The van der Waals surface area contributed by atoms with Crippen molar-refractivity contribution in [2.45, 2.75) is 84.3 Å². The molecule has 0 aromatic carbocycles. The molecule has 0 aromatic rings. The summed E-state index contributed by atoms with van der Waals surface area (Å²) in [6.07, 6.45) is 8.41. The normalized spacial score (nSPS) is 34.4. The molecule has 1 aliphatic carbocycles. The molecular weight excluding hydrogens is 246 g/mol. The molecule has 1 saturated carbocycles. The summed E-state index contributed by atoms with van der Waals surface area (Å²) in [6.45, 7) is 11.7. The number of aliphatic hydroxyl groups is 1. The lowest BCUT2D eigenvalue weighted by Gasteiger charge is -2.49. The van der Waals surface area contributed by atoms with E-state index in [1.807, 2.05) is 0 Å². The molecule has 2 rings (SSSR count). The van der Waals surface area contributed by atoms with Gasteiger partial charge in [-0.1, -0.05) is 34.1 Å². The van der Waals surface area contributed by atoms with Crippen LogP contribution in [0.2, 0.25) is 0 Å². The topological polar surface area (TPSA) is 23.5 Å². The molecule has 2 nitrogen and oxygen atoms in total. The average molecular weight is 281 g/mol. The van der Waals surface area contributed by atoms with Crippen molar-refractivity contribution in [1.29, 1.82) is 0 Å². The molecule has 2 fully saturated rings. The van der Waals surface area contributed by atoms with Crippen molar-refractivity contribution in [2.24, 2.45) is 17.8 Å². The Morgan fingerprint density at radius 1 is 1.05 bits per heavy atom. The predicted octanol–water partition coefficient (Wildman–Crippen LogP) is 4.07. The first-order valence-corrected chi connectivity index (χ1v) is 8.98. The van der Waals surface area contributed by atoms with Crippen molar-refractivity contribution in [3.05, 3.63) is 0 Å². The van der Waals surface area contributed by atoms with Crippen LogP contribution in [0.25, 0.3) is 0 Å². The average Bonchev–Trinajstić information content (AvgIpc) is 2.98. The molecule has 0 spiro atoms. The molecule has 1 N–H and O–H groups in total. The van der Waals surface area contributed by atoms with Crippen LogP contribution in [0.1, 0.15) is 72.6 Å². The summed E-state index contributed by atoms with van der Waals surface area (Å²) in [5, 5.41) is 11.2. The van der Waals surface area contributed by atoms with E-state index >= 15 is 0 Å². The van der Waals surface area contributed by atoms with Gasteiger partial charge in [0.15, 0.2) is 0 Å². The maximum absolute atomic E-state index is 11.2. The molecule has 0 bridgehead atoms. The highest BCUT2D eigenvalue weighted by atomic mass is 16.3. The number of likely N-dealkylation sites (tertiary alicyclic amines) is 1. The Hall–Kier alpha value is -0.0800. The Morgan fingerprint density at radius 3 is 2.15 bits per heavy atom. The maximum Gasteiger partial charge on any atom is 0.0751 e. The summed E-state index contributed by atoms with van der Waals surface area (Å²) in [4.78, 5) is 2.61. The molecule has 4 unspecified atom stereocenters. The smallest absolute Gasteiger partial charge is 0.0751 e. The van der Waals surface area contributed by atoms with E-state index in [1.54, 1.807) is 0 Å². The van der Waals surface area contributed by atoms with Gasteiger partial charge in [0.1, 0.15) is 0 Å². The summed E-state index contributed by atoms with van der Waals surface area (Å²) in [7, 11) is 0. The van der Waals surface area contributed by atoms with Gasteiger partial charge >= 0.3 is 0 Å². The third-order valence-corrected chi connectivity index (χ3v) is 6.60. The fourth-order valence-electron chi connectivity index (χ4n) is 4.78. The zero-order valence-electron chi connectivity index (χ0n) is 14.1. The molecule has 2 aliphatic rings. The molecule has 0 aromatic heterocycles. The lowest BCUT2D eigenvalue weighted by Crippen LogP contribution is -2.58. The first-order chi connectivity index (χ1) is 9.55. The second-order valence-corrected chi connectivity index (χ2v) is 7.48. The van der Waals surface area contributed by atoms with Crippen LogP contribution < -0.4 is 0 Å². The van der Waals surface area contributed by atoms with Crippen molar-refractivity contribution in [3.63, 3.8) is 0 Å². The van der Waals surface area contributed by atoms with E-state index in [4.69, 9.17) is 0 Å². The van der Waals surface area contributed by atoms with Crippen LogP contribution in [-0.2, 0) is 0 Å². The molecule has 4 atom stereocenters. The Morgan fingerprint density at radius 2 is 1.65 bits per heavy atom. The Bertz CT molecular complexity index is 294. The summed E-state index contributed by atoms with van der Waals surface area (Å²) >= 11 is 0. The minimum Gasteiger partial charge on any atom is -0.391 e. The summed E-state index contributed by atoms with van der Waals surface area (Å²) in [6, 6.07) is 0. The molecule has 1 heterocycles. The highest BCUT2D eigenvalue weighted by molar-refractivity contribution is 5.00. The van der Waals surface area contributed by atoms with Crippen LogP contribution in [0.3, 0.4) is 0 Å². The van der Waals surface area contributed by atoms with E-state index in [1.165, 1.54) is 45.2 Å². The van der Waals surface area contributed by atoms with Crippen LogP contribution in [0.15, 0.2) is 0 Å². The van der Waals surface area contributed by atoms with Gasteiger partial charge in [0, 0.05) is 5.54 Å². The fraction of sp³-hybridized carbons (Fsp3) is 1.00. The largest absolute Gasteiger partial charge is 0.391 e. The van der Waals surface area contributed by atoms with E-state index in [2.05, 4.69) is 32.6 Å². The maximum atomic E-state index is 11.2. The Kier molecular flexibility index (Phi) is 5.53. The summed E-state index contributed by atoms with van der Waals surface area (Å²) in [5.74, 6) is 2.12. The molecule has 0 radical (unpaired) electrons. The van der Waals surface area contributed by atoms with Crippen LogP contribution >= 0.6 is 0 Å². The van der Waals surface area contributed by atoms with Gasteiger partial charge in [-0.25, -0.2) is 0 Å². The molecule has 0 amide bonds. The minimum absolute atomic E-state index is 0.0431. The van der Waals surface area contributed by atoms with E-state index in [0.29, 0.717) is 5.92 Å². The Labute approximate surface area is 125 Å². The zero-order valence-corrected chi connectivity index (χ0v) is 14.1. The van der Waals surface area contributed by atoms with Crippen molar-refractivity contribution in [1.82, 2.24) is 4.90 Å². The van der Waals surface area contributed by atoms with Crippen molar-refractivity contribution < 1.29 is 5.11 Å². The SMILES string of the molecule is CCC(CC)(C(O)C1CCC(C)C(C)C1)N1CCCC1. The van der Waals surface area contributed by atoms with E-state index in [0.717, 1.165) is 24.7 Å². The molecule has 118 valence electrons. The summed E-state index contributed by atoms with van der Waals surface area (Å²) in [5.41, 5.74) is 0.0431. The Balaban J connectivity index is 2.12. The summed E-state index contributed by atoms with van der Waals surface area (Å²) < 4.78 is 0. The molecule has 1 saturated heterocycles. The molecule has 20 heavy (non-hydrogen) atoms. The van der Waals surface area contributed by atoms with Gasteiger partial charge in [0.25, 0.3) is 0 Å². The van der Waals surface area contributed by atoms with Crippen molar-refractivity contribution >= 4 is 0 Å². The van der Waals surface area contributed by atoms with Gasteiger partial charge in [-0.3, -0.25) is 4.90 Å². The third-order valence-electron chi connectivity index (χ3n) is 6.60. The lowest BCUT2D eigenvalue weighted by atomic mass is 9.68. The highest BCUT2D eigenvalue weighted by Gasteiger charge is 2.45. The minimum atomic E-state index is -0.134. The number of nitrogens with zero attached hydrogens (tertiary/aromatic N) is 1. The fourth-order valence-corrected chi connectivity index (χ4v) is 4.78. The van der Waals surface area contributed by atoms with E-state index in [-0.39, 0.29) is 11.6 Å². The van der Waals surface area contributed by atoms with Gasteiger partial charge < -0.3 is 5.11 Å². The second kappa shape index (κ2) is 6.79. The highest BCUT2D eigenvalue weighted by Crippen LogP contribution is 2.42. The number of hydrogen-bond acceptors (Lipinski definition) is 2. The van der Waals surface area contributed by atoms with Gasteiger partial charge in [0.2, 0.25) is 0 Å². The molecule has 1 aliphatic heterocycles. The zero-order chi connectivity index (χ0) is 14.8. The molecule has 2 heteroatoms. The van der Waals surface area contributed by atoms with Gasteiger partial charge in [-0.15, -0.1) is 0 Å². The van der Waals surface area contributed by atoms with Crippen molar-refractivity contribution in [2.75, 3.05) is 13.1 Å². The van der Waals surface area contributed by atoms with Crippen LogP contribution in [0, 0.1) is 17.8 Å². The quantitative estimate of drug-likeness (QED) is 0.821. The van der Waals surface area contributed by atoms with Gasteiger partial charge in [-0.2, -0.15) is 0 Å². The molecular formula is C18H35NO. The van der Waals surface area contributed by atoms with Crippen LogP contribution in [0.5, 0.6) is 0 Å². The monoisotopic (exact) mass is 281 g/mol. The van der Waals surface area contributed by atoms with Crippen molar-refractivity contribution in [3.8, 4) is 0 Å². The van der Waals surface area contributed by atoms with Crippen LogP contribution in [-0.4, -0.2) is 34.7 Å². The third kappa shape index (κ3) is 2.92. The van der Waals surface area contributed by atoms with Gasteiger partial charge in [-0.05, 0) is 69.4 Å². The standard InChI is InChI=1S/C18H35NO/c1-5-18(6-2,19-11-7-8-12-19)17(20)16-10-9-14(3)15(4)13-16/h14-17,20H,5-13H2,1-4H3. The first-order valence-electron chi connectivity index (χ1n) is 8.98. The predicted molar refractivity (Wildman–Crippen MR) is 85.8 cm³/mol. The number of rotatable bonds is 5. The number of hydrogen-bond donors (Lipinski definition) is 1. The number of aliphatic hydroxyl groups excluding tert-OH is 1.